The lowest BCUT2D eigenvalue weighted by atomic mass is 10.1. The first-order valence-corrected chi connectivity index (χ1v) is 9.85. The third kappa shape index (κ3) is 4.82. The molecule has 3 rings (SSSR count). The Morgan fingerprint density at radius 1 is 1.25 bits per heavy atom. The molecule has 0 aromatic heterocycles. The van der Waals surface area contributed by atoms with E-state index < -0.39 is 0 Å². The van der Waals surface area contributed by atoms with Crippen LogP contribution in [0.5, 0.6) is 0 Å². The monoisotopic (exact) mass is 415 g/mol. The molecule has 7 heteroatoms. The third-order valence-electron chi connectivity index (χ3n) is 4.15. The number of rotatable bonds is 7. The maximum atomic E-state index is 13.1. The van der Waals surface area contributed by atoms with Gasteiger partial charge in [-0.25, -0.2) is 4.39 Å². The van der Waals surface area contributed by atoms with Crippen molar-refractivity contribution in [1.82, 2.24) is 10.3 Å². The van der Waals surface area contributed by atoms with Gasteiger partial charge in [0.05, 0.1) is 10.9 Å². The van der Waals surface area contributed by atoms with E-state index in [1.807, 2.05) is 24.3 Å². The van der Waals surface area contributed by atoms with Crippen molar-refractivity contribution in [3.8, 4) is 0 Å². The van der Waals surface area contributed by atoms with Crippen molar-refractivity contribution in [2.75, 3.05) is 6.54 Å². The van der Waals surface area contributed by atoms with Crippen molar-refractivity contribution in [2.24, 2.45) is 5.10 Å². The molecule has 144 valence electrons. The van der Waals surface area contributed by atoms with Crippen LogP contribution in [0.3, 0.4) is 0 Å². The van der Waals surface area contributed by atoms with E-state index >= 15 is 0 Å². The second kappa shape index (κ2) is 9.08. The average Bonchev–Trinajstić information content (AvgIpc) is 2.98. The standard InChI is InChI=1S/C21H19ClFN3OS/c1-3-12-26-20(27)19(13-15-4-8-17(22)9-5-15)28-21(26)25-24-14(2)16-6-10-18(23)11-7-16/h3-11,19,24H,1-2,12-13H2/b25-21-/t19-/m1/s1. The number of carbonyl (C=O) groups excluding carboxylic acids is 1. The fourth-order valence-electron chi connectivity index (χ4n) is 2.69. The molecule has 1 saturated heterocycles. The molecule has 0 radical (unpaired) electrons. The number of hydrogen-bond acceptors (Lipinski definition) is 4. The van der Waals surface area contributed by atoms with Crippen LogP contribution < -0.4 is 5.43 Å². The fraction of sp³-hybridized carbons (Fsp3) is 0.143. The van der Waals surface area contributed by atoms with Crippen LogP contribution in [0.25, 0.3) is 5.70 Å². The number of carbonyl (C=O) groups is 1. The summed E-state index contributed by atoms with van der Waals surface area (Å²) < 4.78 is 13.1. The molecular weight excluding hydrogens is 397 g/mol. The Hall–Kier alpha value is -2.57. The Kier molecular flexibility index (Phi) is 6.54. The number of nitrogens with zero attached hydrogens (tertiary/aromatic N) is 2. The van der Waals surface area contributed by atoms with E-state index in [1.165, 1.54) is 23.9 Å². The van der Waals surface area contributed by atoms with Gasteiger partial charge < -0.3 is 0 Å². The molecule has 0 aliphatic carbocycles. The molecule has 0 bridgehead atoms. The Morgan fingerprint density at radius 3 is 2.57 bits per heavy atom. The number of benzene rings is 2. The van der Waals surface area contributed by atoms with Crippen LogP contribution in [0.15, 0.2) is 72.9 Å². The highest BCUT2D eigenvalue weighted by molar-refractivity contribution is 8.15. The summed E-state index contributed by atoms with van der Waals surface area (Å²) in [5, 5.41) is 5.28. The molecule has 0 unspecified atom stereocenters. The molecule has 2 aromatic carbocycles. The molecule has 1 aliphatic rings. The summed E-state index contributed by atoms with van der Waals surface area (Å²) in [7, 11) is 0. The zero-order valence-corrected chi connectivity index (χ0v) is 16.6. The molecule has 1 N–H and O–H groups in total. The Bertz CT molecular complexity index is 912. The largest absolute Gasteiger partial charge is 0.285 e. The van der Waals surface area contributed by atoms with Gasteiger partial charge in [0.2, 0.25) is 5.91 Å². The summed E-state index contributed by atoms with van der Waals surface area (Å²) in [5.41, 5.74) is 5.12. The summed E-state index contributed by atoms with van der Waals surface area (Å²) >= 11 is 7.31. The number of nitrogens with one attached hydrogen (secondary N) is 1. The van der Waals surface area contributed by atoms with Crippen molar-refractivity contribution in [2.45, 2.75) is 11.7 Å². The summed E-state index contributed by atoms with van der Waals surface area (Å²) in [4.78, 5) is 14.4. The van der Waals surface area contributed by atoms with Gasteiger partial charge in [0.15, 0.2) is 5.17 Å². The van der Waals surface area contributed by atoms with Crippen LogP contribution in [0.2, 0.25) is 5.02 Å². The number of thioether (sulfide) groups is 1. The lowest BCUT2D eigenvalue weighted by molar-refractivity contribution is -0.125. The van der Waals surface area contributed by atoms with Crippen molar-refractivity contribution in [3.63, 3.8) is 0 Å². The Labute approximate surface area is 172 Å². The van der Waals surface area contributed by atoms with Gasteiger partial charge >= 0.3 is 0 Å². The number of halogens is 2. The van der Waals surface area contributed by atoms with Gasteiger partial charge in [-0.1, -0.05) is 48.2 Å². The van der Waals surface area contributed by atoms with Crippen molar-refractivity contribution in [1.29, 1.82) is 0 Å². The first-order chi connectivity index (χ1) is 13.5. The number of hydrazone groups is 1. The smallest absolute Gasteiger partial charge is 0.242 e. The summed E-state index contributed by atoms with van der Waals surface area (Å²) in [6.45, 7) is 8.00. The molecule has 1 heterocycles. The van der Waals surface area contributed by atoms with Crippen LogP contribution >= 0.6 is 23.4 Å². The minimum absolute atomic E-state index is 0.0206. The second-order valence-electron chi connectivity index (χ2n) is 6.17. The quantitative estimate of drug-likeness (QED) is 0.527. The van der Waals surface area contributed by atoms with Gasteiger partial charge in [0.1, 0.15) is 5.82 Å². The minimum Gasteiger partial charge on any atom is -0.285 e. The first-order valence-electron chi connectivity index (χ1n) is 8.60. The maximum Gasteiger partial charge on any atom is 0.242 e. The number of amidine groups is 1. The maximum absolute atomic E-state index is 13.1. The zero-order valence-electron chi connectivity index (χ0n) is 15.1. The number of hydrogen-bond donors (Lipinski definition) is 1. The lowest BCUT2D eigenvalue weighted by Gasteiger charge is -2.14. The van der Waals surface area contributed by atoms with E-state index in [4.69, 9.17) is 11.6 Å². The normalized spacial score (nSPS) is 17.8. The van der Waals surface area contributed by atoms with Crippen LogP contribution in [-0.2, 0) is 11.2 Å². The molecule has 0 saturated carbocycles. The SMILES string of the molecule is C=CCN1C(=O)[C@@H](Cc2ccc(Cl)cc2)S/C1=N\NC(=C)c1ccc(F)cc1. The van der Waals surface area contributed by atoms with Gasteiger partial charge in [-0.15, -0.1) is 11.7 Å². The molecule has 1 aliphatic heterocycles. The molecule has 1 fully saturated rings. The van der Waals surface area contributed by atoms with Crippen LogP contribution in [0.4, 0.5) is 4.39 Å². The highest BCUT2D eigenvalue weighted by Gasteiger charge is 2.37. The van der Waals surface area contributed by atoms with E-state index in [0.717, 1.165) is 5.56 Å². The van der Waals surface area contributed by atoms with E-state index in [9.17, 15) is 9.18 Å². The van der Waals surface area contributed by atoms with E-state index in [1.54, 1.807) is 23.1 Å². The van der Waals surface area contributed by atoms with E-state index in [0.29, 0.717) is 34.4 Å². The Morgan fingerprint density at radius 2 is 1.93 bits per heavy atom. The second-order valence-corrected chi connectivity index (χ2v) is 7.77. The molecule has 0 spiro atoms. The predicted octanol–water partition coefficient (Wildman–Crippen LogP) is 4.68. The summed E-state index contributed by atoms with van der Waals surface area (Å²) in [6, 6.07) is 13.4. The molecule has 28 heavy (non-hydrogen) atoms. The predicted molar refractivity (Wildman–Crippen MR) is 114 cm³/mol. The third-order valence-corrected chi connectivity index (χ3v) is 5.57. The molecule has 4 nitrogen and oxygen atoms in total. The van der Waals surface area contributed by atoms with Crippen LogP contribution in [-0.4, -0.2) is 27.8 Å². The van der Waals surface area contributed by atoms with Gasteiger partial charge in [0.25, 0.3) is 0 Å². The van der Waals surface area contributed by atoms with E-state index in [-0.39, 0.29) is 17.0 Å². The van der Waals surface area contributed by atoms with Gasteiger partial charge in [-0.3, -0.25) is 15.1 Å². The van der Waals surface area contributed by atoms with Crippen LogP contribution in [0, 0.1) is 5.82 Å². The van der Waals surface area contributed by atoms with Gasteiger partial charge in [0, 0.05) is 11.6 Å². The minimum atomic E-state index is -0.318. The highest BCUT2D eigenvalue weighted by Crippen LogP contribution is 2.30. The van der Waals surface area contributed by atoms with E-state index in [2.05, 4.69) is 23.7 Å². The highest BCUT2D eigenvalue weighted by atomic mass is 35.5. The van der Waals surface area contributed by atoms with Crippen molar-refractivity contribution in [3.05, 3.63) is 89.7 Å². The van der Waals surface area contributed by atoms with Crippen molar-refractivity contribution >= 4 is 40.1 Å². The average molecular weight is 416 g/mol. The molecule has 2 aromatic rings. The van der Waals surface area contributed by atoms with Gasteiger partial charge in [-0.05, 0) is 53.9 Å². The first kappa shape index (κ1) is 20.2. The summed E-state index contributed by atoms with van der Waals surface area (Å²) in [6.07, 6.45) is 2.24. The summed E-state index contributed by atoms with van der Waals surface area (Å²) in [5.74, 6) is -0.338. The number of amides is 1. The molecule has 1 atom stereocenters. The van der Waals surface area contributed by atoms with Crippen molar-refractivity contribution < 1.29 is 9.18 Å². The topological polar surface area (TPSA) is 44.7 Å². The fourth-order valence-corrected chi connectivity index (χ4v) is 3.96. The Balaban J connectivity index is 1.72. The van der Waals surface area contributed by atoms with Gasteiger partial charge in [-0.2, -0.15) is 0 Å². The lowest BCUT2D eigenvalue weighted by Crippen LogP contribution is -2.33. The zero-order chi connectivity index (χ0) is 20.1. The molecule has 1 amide bonds. The molecular formula is C21H19ClFN3OS. The van der Waals surface area contributed by atoms with Crippen LogP contribution in [0.1, 0.15) is 11.1 Å².